The highest BCUT2D eigenvalue weighted by Crippen LogP contribution is 2.23. The zero-order chi connectivity index (χ0) is 17.6. The lowest BCUT2D eigenvalue weighted by molar-refractivity contribution is 0.0765. The van der Waals surface area contributed by atoms with Crippen molar-refractivity contribution in [2.24, 2.45) is 0 Å². The molecule has 2 aromatic rings. The smallest absolute Gasteiger partial charge is 0.233 e. The van der Waals surface area contributed by atoms with Crippen LogP contribution in [0.1, 0.15) is 31.0 Å². The maximum Gasteiger partial charge on any atom is 0.233 e. The minimum Gasteiger partial charge on any atom is -0.480 e. The summed E-state index contributed by atoms with van der Waals surface area (Å²) in [5, 5.41) is 8.31. The van der Waals surface area contributed by atoms with Crippen molar-refractivity contribution >= 4 is 0 Å². The Hall–Kier alpha value is -1.98. The molecule has 1 fully saturated rings. The Kier molecular flexibility index (Phi) is 6.00. The van der Waals surface area contributed by atoms with Crippen LogP contribution in [-0.4, -0.2) is 52.8 Å². The number of hydrogen-bond acceptors (Lipinski definition) is 5. The number of methoxy groups -OCH3 is 1. The molecule has 3 rings (SSSR count). The van der Waals surface area contributed by atoms with Crippen LogP contribution in [0.25, 0.3) is 0 Å². The van der Waals surface area contributed by atoms with Crippen molar-refractivity contribution < 1.29 is 4.74 Å². The highest BCUT2D eigenvalue weighted by Gasteiger charge is 2.27. The van der Waals surface area contributed by atoms with Crippen molar-refractivity contribution in [2.75, 3.05) is 20.7 Å². The van der Waals surface area contributed by atoms with Crippen molar-refractivity contribution in [1.29, 1.82) is 0 Å². The van der Waals surface area contributed by atoms with Crippen LogP contribution in [0.3, 0.4) is 0 Å². The summed E-state index contributed by atoms with van der Waals surface area (Å²) in [5.74, 6) is 0.564. The number of piperidine rings is 1. The largest absolute Gasteiger partial charge is 0.480 e. The van der Waals surface area contributed by atoms with Gasteiger partial charge in [-0.2, -0.15) is 5.10 Å². The molecular formula is C20H28N4O. The molecule has 5 heteroatoms. The molecule has 0 saturated carbocycles. The monoisotopic (exact) mass is 340 g/mol. The second kappa shape index (κ2) is 8.41. The molecular weight excluding hydrogens is 312 g/mol. The van der Waals surface area contributed by atoms with Gasteiger partial charge in [0.05, 0.1) is 12.8 Å². The first-order valence-corrected chi connectivity index (χ1v) is 9.00. The number of nitrogens with zero attached hydrogens (tertiary/aromatic N) is 4. The zero-order valence-corrected chi connectivity index (χ0v) is 15.4. The van der Waals surface area contributed by atoms with Crippen molar-refractivity contribution in [3.8, 4) is 5.88 Å². The van der Waals surface area contributed by atoms with Crippen LogP contribution in [0.15, 0.2) is 42.5 Å². The van der Waals surface area contributed by atoms with Crippen LogP contribution in [0.5, 0.6) is 5.88 Å². The van der Waals surface area contributed by atoms with E-state index in [1.54, 1.807) is 7.11 Å². The molecule has 0 radical (unpaired) electrons. The molecule has 0 amide bonds. The van der Waals surface area contributed by atoms with Crippen LogP contribution in [0, 0.1) is 0 Å². The topological polar surface area (TPSA) is 41.5 Å². The molecule has 0 bridgehead atoms. The maximum atomic E-state index is 5.07. The predicted octanol–water partition coefficient (Wildman–Crippen LogP) is 2.97. The molecule has 1 aromatic heterocycles. The first kappa shape index (κ1) is 17.8. The lowest BCUT2D eigenvalue weighted by Gasteiger charge is -2.41. The summed E-state index contributed by atoms with van der Waals surface area (Å²) in [6.45, 7) is 5.35. The zero-order valence-electron chi connectivity index (χ0n) is 15.4. The van der Waals surface area contributed by atoms with Crippen LogP contribution in [0.2, 0.25) is 0 Å². The standard InChI is InChI=1S/C20H28N4O/c1-16-13-19(11-12-24(16)14-17-7-5-4-6-8-17)23(2)15-18-9-10-20(25-3)22-21-18/h4-10,16,19H,11-15H2,1-3H3. The van der Waals surface area contributed by atoms with E-state index < -0.39 is 0 Å². The van der Waals surface area contributed by atoms with Gasteiger partial charge >= 0.3 is 0 Å². The molecule has 0 N–H and O–H groups in total. The van der Waals surface area contributed by atoms with Crippen molar-refractivity contribution in [3.63, 3.8) is 0 Å². The van der Waals surface area contributed by atoms with Gasteiger partial charge in [-0.3, -0.25) is 9.80 Å². The lowest BCUT2D eigenvalue weighted by atomic mass is 9.96. The van der Waals surface area contributed by atoms with Gasteiger partial charge in [0.1, 0.15) is 0 Å². The number of hydrogen-bond donors (Lipinski definition) is 0. The Morgan fingerprint density at radius 2 is 1.96 bits per heavy atom. The van der Waals surface area contributed by atoms with Gasteiger partial charge in [-0.1, -0.05) is 30.3 Å². The van der Waals surface area contributed by atoms with Crippen molar-refractivity contribution in [3.05, 3.63) is 53.7 Å². The van der Waals surface area contributed by atoms with Gasteiger partial charge in [-0.25, -0.2) is 0 Å². The van der Waals surface area contributed by atoms with Gasteiger partial charge < -0.3 is 4.74 Å². The normalized spacial score (nSPS) is 21.4. The molecule has 1 aromatic carbocycles. The van der Waals surface area contributed by atoms with E-state index in [1.807, 2.05) is 12.1 Å². The van der Waals surface area contributed by atoms with Crippen LogP contribution in [-0.2, 0) is 13.1 Å². The van der Waals surface area contributed by atoms with Gasteiger partial charge in [0.25, 0.3) is 0 Å². The summed E-state index contributed by atoms with van der Waals surface area (Å²) in [6.07, 6.45) is 2.38. The van der Waals surface area contributed by atoms with E-state index in [1.165, 1.54) is 18.4 Å². The van der Waals surface area contributed by atoms with Crippen LogP contribution in [0.4, 0.5) is 0 Å². The SMILES string of the molecule is COc1ccc(CN(C)C2CCN(Cc3ccccc3)C(C)C2)nn1. The molecule has 0 spiro atoms. The van der Waals surface area contributed by atoms with E-state index in [4.69, 9.17) is 4.74 Å². The van der Waals surface area contributed by atoms with Gasteiger partial charge in [0.15, 0.2) is 0 Å². The number of benzene rings is 1. The minimum atomic E-state index is 0.564. The molecule has 1 aliphatic heterocycles. The lowest BCUT2D eigenvalue weighted by Crippen LogP contribution is -2.47. The third-order valence-electron chi connectivity index (χ3n) is 5.15. The number of rotatable bonds is 6. The van der Waals surface area contributed by atoms with E-state index >= 15 is 0 Å². The summed E-state index contributed by atoms with van der Waals surface area (Å²) in [6, 6.07) is 15.8. The maximum absolute atomic E-state index is 5.07. The van der Waals surface area contributed by atoms with E-state index in [2.05, 4.69) is 64.3 Å². The molecule has 2 atom stereocenters. The fraction of sp³-hybridized carbons (Fsp3) is 0.500. The summed E-state index contributed by atoms with van der Waals surface area (Å²) in [4.78, 5) is 5.00. The van der Waals surface area contributed by atoms with Crippen molar-refractivity contribution in [1.82, 2.24) is 20.0 Å². The number of aromatic nitrogens is 2. The van der Waals surface area contributed by atoms with Crippen LogP contribution >= 0.6 is 0 Å². The fourth-order valence-electron chi connectivity index (χ4n) is 3.57. The first-order chi connectivity index (χ1) is 12.2. The average molecular weight is 340 g/mol. The Balaban J connectivity index is 1.52. The quantitative estimate of drug-likeness (QED) is 0.809. The van der Waals surface area contributed by atoms with Gasteiger partial charge in [-0.05, 0) is 38.4 Å². The summed E-state index contributed by atoms with van der Waals surface area (Å²) >= 11 is 0. The molecule has 25 heavy (non-hydrogen) atoms. The molecule has 134 valence electrons. The molecule has 5 nitrogen and oxygen atoms in total. The average Bonchev–Trinajstić information content (AvgIpc) is 2.65. The summed E-state index contributed by atoms with van der Waals surface area (Å²) < 4.78 is 5.07. The number of likely N-dealkylation sites (tertiary alicyclic amines) is 1. The molecule has 1 aliphatic rings. The van der Waals surface area contributed by atoms with Crippen molar-refractivity contribution in [2.45, 2.75) is 44.9 Å². The highest BCUT2D eigenvalue weighted by atomic mass is 16.5. The third-order valence-corrected chi connectivity index (χ3v) is 5.15. The van der Waals surface area contributed by atoms with E-state index in [0.29, 0.717) is 18.0 Å². The van der Waals surface area contributed by atoms with E-state index in [0.717, 1.165) is 25.3 Å². The Bertz CT molecular complexity index is 647. The molecule has 2 unspecified atom stereocenters. The molecule has 1 saturated heterocycles. The summed E-state index contributed by atoms with van der Waals surface area (Å²) in [5.41, 5.74) is 2.39. The van der Waals surface area contributed by atoms with Crippen LogP contribution < -0.4 is 4.74 Å². The summed E-state index contributed by atoms with van der Waals surface area (Å²) in [7, 11) is 3.80. The molecule has 2 heterocycles. The third kappa shape index (κ3) is 4.77. The van der Waals surface area contributed by atoms with Gasteiger partial charge in [0, 0.05) is 37.8 Å². The fourth-order valence-corrected chi connectivity index (χ4v) is 3.57. The van der Waals surface area contributed by atoms with Gasteiger partial charge in [-0.15, -0.1) is 5.10 Å². The van der Waals surface area contributed by atoms with E-state index in [9.17, 15) is 0 Å². The first-order valence-electron chi connectivity index (χ1n) is 9.00. The highest BCUT2D eigenvalue weighted by molar-refractivity contribution is 5.15. The Labute approximate surface area is 150 Å². The Morgan fingerprint density at radius 1 is 1.16 bits per heavy atom. The van der Waals surface area contributed by atoms with Gasteiger partial charge in [0.2, 0.25) is 5.88 Å². The minimum absolute atomic E-state index is 0.564. The predicted molar refractivity (Wildman–Crippen MR) is 99.4 cm³/mol. The number of ether oxygens (including phenoxy) is 1. The van der Waals surface area contributed by atoms with E-state index in [-0.39, 0.29) is 0 Å². The second-order valence-electron chi connectivity index (χ2n) is 6.97. The Morgan fingerprint density at radius 3 is 2.60 bits per heavy atom. The second-order valence-corrected chi connectivity index (χ2v) is 6.97. The molecule has 0 aliphatic carbocycles.